The van der Waals surface area contributed by atoms with Crippen LogP contribution < -0.4 is 0 Å². The molecule has 0 fully saturated rings. The van der Waals surface area contributed by atoms with E-state index in [2.05, 4.69) is 132 Å². The third-order valence-electron chi connectivity index (χ3n) is 9.44. The van der Waals surface area contributed by atoms with E-state index in [4.69, 9.17) is 9.97 Å². The first-order valence-electron chi connectivity index (χ1n) is 15.9. The van der Waals surface area contributed by atoms with Gasteiger partial charge in [-0.25, -0.2) is 9.97 Å². The van der Waals surface area contributed by atoms with Crippen LogP contribution in [0.25, 0.3) is 55.8 Å². The van der Waals surface area contributed by atoms with Gasteiger partial charge in [-0.2, -0.15) is 0 Å². The SMILES string of the molecule is c1ccc(-c2nc3ccccc3nc2-c2ccc3c(c2)C(c2ccccc2)(c2ccccc2)c2cc(-c4cccnc4)ccc2-3)cc1. The molecule has 6 aromatic carbocycles. The van der Waals surface area contributed by atoms with Crippen LogP contribution in [-0.2, 0) is 5.41 Å². The molecular weight excluding hydrogens is 571 g/mol. The lowest BCUT2D eigenvalue weighted by atomic mass is 9.67. The Hall–Kier alpha value is -6.19. The van der Waals surface area contributed by atoms with Gasteiger partial charge in [-0.3, -0.25) is 4.98 Å². The molecule has 3 nitrogen and oxygen atoms in total. The Morgan fingerprint density at radius 1 is 0.383 bits per heavy atom. The van der Waals surface area contributed by atoms with Gasteiger partial charge in [-0.05, 0) is 74.8 Å². The minimum atomic E-state index is -0.557. The van der Waals surface area contributed by atoms with Crippen LogP contribution in [0.4, 0.5) is 0 Å². The fourth-order valence-electron chi connectivity index (χ4n) is 7.35. The van der Waals surface area contributed by atoms with E-state index in [1.54, 1.807) is 0 Å². The Balaban J connectivity index is 1.36. The number of rotatable bonds is 5. The highest BCUT2D eigenvalue weighted by atomic mass is 14.8. The summed E-state index contributed by atoms with van der Waals surface area (Å²) in [6.45, 7) is 0. The molecule has 1 aliphatic carbocycles. The highest BCUT2D eigenvalue weighted by molar-refractivity contribution is 5.92. The second-order valence-electron chi connectivity index (χ2n) is 12.0. The van der Waals surface area contributed by atoms with Crippen molar-refractivity contribution in [3.63, 3.8) is 0 Å². The Labute approximate surface area is 273 Å². The van der Waals surface area contributed by atoms with E-state index in [1.165, 1.54) is 33.4 Å². The topological polar surface area (TPSA) is 38.7 Å². The average Bonchev–Trinajstić information content (AvgIpc) is 3.45. The molecule has 0 bridgehead atoms. The Kier molecular flexibility index (Phi) is 6.36. The lowest BCUT2D eigenvalue weighted by molar-refractivity contribution is 0.769. The smallest absolute Gasteiger partial charge is 0.0973 e. The van der Waals surface area contributed by atoms with Crippen LogP contribution in [-0.4, -0.2) is 15.0 Å². The van der Waals surface area contributed by atoms with E-state index in [-0.39, 0.29) is 0 Å². The third kappa shape index (κ3) is 4.32. The molecule has 0 saturated heterocycles. The Morgan fingerprint density at radius 2 is 0.872 bits per heavy atom. The van der Waals surface area contributed by atoms with Crippen LogP contribution in [0.3, 0.4) is 0 Å². The molecule has 0 aliphatic heterocycles. The maximum Gasteiger partial charge on any atom is 0.0973 e. The summed E-state index contributed by atoms with van der Waals surface area (Å²) in [5.74, 6) is 0. The van der Waals surface area contributed by atoms with Crippen molar-refractivity contribution in [3.05, 3.63) is 198 Å². The van der Waals surface area contributed by atoms with Crippen molar-refractivity contribution in [1.82, 2.24) is 15.0 Å². The van der Waals surface area contributed by atoms with Gasteiger partial charge in [0.05, 0.1) is 27.8 Å². The summed E-state index contributed by atoms with van der Waals surface area (Å²) < 4.78 is 0. The molecule has 0 amide bonds. The van der Waals surface area contributed by atoms with Gasteiger partial charge in [0.2, 0.25) is 0 Å². The van der Waals surface area contributed by atoms with Gasteiger partial charge in [0.15, 0.2) is 0 Å². The number of hydrogen-bond acceptors (Lipinski definition) is 3. The predicted octanol–water partition coefficient (Wildman–Crippen LogP) is 10.4. The van der Waals surface area contributed by atoms with E-state index < -0.39 is 5.41 Å². The van der Waals surface area contributed by atoms with Gasteiger partial charge in [-0.15, -0.1) is 0 Å². The van der Waals surface area contributed by atoms with Crippen molar-refractivity contribution < 1.29 is 0 Å². The second kappa shape index (κ2) is 11.0. The molecule has 0 N–H and O–H groups in total. The normalized spacial score (nSPS) is 12.9. The Bertz CT molecular complexity index is 2350. The maximum absolute atomic E-state index is 5.27. The van der Waals surface area contributed by atoms with E-state index in [9.17, 15) is 0 Å². The van der Waals surface area contributed by atoms with Gasteiger partial charge in [0.1, 0.15) is 0 Å². The molecule has 0 unspecified atom stereocenters. The lowest BCUT2D eigenvalue weighted by Crippen LogP contribution is -2.28. The van der Waals surface area contributed by atoms with Crippen LogP contribution in [0.5, 0.6) is 0 Å². The number of pyridine rings is 1. The molecule has 220 valence electrons. The van der Waals surface area contributed by atoms with Gasteiger partial charge in [-0.1, -0.05) is 133 Å². The summed E-state index contributed by atoms with van der Waals surface area (Å²) in [6, 6.07) is 58.2. The molecule has 1 aliphatic rings. The quantitative estimate of drug-likeness (QED) is 0.198. The molecule has 2 aromatic heterocycles. The zero-order chi connectivity index (χ0) is 31.2. The summed E-state index contributed by atoms with van der Waals surface area (Å²) in [6.07, 6.45) is 3.77. The fraction of sp³-hybridized carbons (Fsp3) is 0.0227. The Morgan fingerprint density at radius 3 is 1.45 bits per heavy atom. The molecule has 47 heavy (non-hydrogen) atoms. The van der Waals surface area contributed by atoms with Crippen molar-refractivity contribution in [2.45, 2.75) is 5.41 Å². The van der Waals surface area contributed by atoms with Crippen molar-refractivity contribution in [1.29, 1.82) is 0 Å². The first-order chi connectivity index (χ1) is 23.3. The highest BCUT2D eigenvalue weighted by Crippen LogP contribution is 2.57. The van der Waals surface area contributed by atoms with Gasteiger partial charge in [0.25, 0.3) is 0 Å². The predicted molar refractivity (Wildman–Crippen MR) is 191 cm³/mol. The number of para-hydroxylation sites is 2. The van der Waals surface area contributed by atoms with Crippen LogP contribution in [0.15, 0.2) is 176 Å². The van der Waals surface area contributed by atoms with Crippen molar-refractivity contribution >= 4 is 11.0 Å². The zero-order valence-corrected chi connectivity index (χ0v) is 25.6. The standard InChI is InChI=1S/C44H29N3/c1-4-13-30(14-5-1)42-43(47-41-21-11-10-20-40(41)46-42)32-23-25-37-36-24-22-31(33-15-12-26-45-29-33)27-38(36)44(39(37)28-32,34-16-6-2-7-17-34)35-18-8-3-9-19-35/h1-29H. The average molecular weight is 600 g/mol. The summed E-state index contributed by atoms with van der Waals surface area (Å²) in [5.41, 5.74) is 14.7. The maximum atomic E-state index is 5.27. The third-order valence-corrected chi connectivity index (χ3v) is 9.44. The molecule has 2 heterocycles. The van der Waals surface area contributed by atoms with Crippen molar-refractivity contribution in [2.75, 3.05) is 0 Å². The van der Waals surface area contributed by atoms with Gasteiger partial charge >= 0.3 is 0 Å². The first kappa shape index (κ1) is 27.1. The minimum absolute atomic E-state index is 0.557. The minimum Gasteiger partial charge on any atom is -0.264 e. The summed E-state index contributed by atoms with van der Waals surface area (Å²) >= 11 is 0. The van der Waals surface area contributed by atoms with Crippen LogP contribution in [0.2, 0.25) is 0 Å². The van der Waals surface area contributed by atoms with E-state index in [1.807, 2.05) is 48.8 Å². The number of benzene rings is 6. The first-order valence-corrected chi connectivity index (χ1v) is 15.9. The molecular formula is C44H29N3. The summed E-state index contributed by atoms with van der Waals surface area (Å²) in [4.78, 5) is 14.9. The molecule has 0 spiro atoms. The molecule has 9 rings (SSSR count). The van der Waals surface area contributed by atoms with E-state index in [0.717, 1.165) is 44.7 Å². The van der Waals surface area contributed by atoms with Crippen LogP contribution in [0, 0.1) is 0 Å². The molecule has 8 aromatic rings. The van der Waals surface area contributed by atoms with Gasteiger partial charge < -0.3 is 0 Å². The van der Waals surface area contributed by atoms with Gasteiger partial charge in [0, 0.05) is 23.5 Å². The van der Waals surface area contributed by atoms with E-state index >= 15 is 0 Å². The molecule has 0 radical (unpaired) electrons. The number of fused-ring (bicyclic) bond motifs is 4. The summed E-state index contributed by atoms with van der Waals surface area (Å²) in [7, 11) is 0. The monoisotopic (exact) mass is 599 g/mol. The largest absolute Gasteiger partial charge is 0.264 e. The number of aromatic nitrogens is 3. The fourth-order valence-corrected chi connectivity index (χ4v) is 7.35. The van der Waals surface area contributed by atoms with Crippen LogP contribution >= 0.6 is 0 Å². The summed E-state index contributed by atoms with van der Waals surface area (Å²) in [5, 5.41) is 0. The molecule has 0 atom stereocenters. The number of nitrogens with zero attached hydrogens (tertiary/aromatic N) is 3. The van der Waals surface area contributed by atoms with Crippen molar-refractivity contribution in [2.24, 2.45) is 0 Å². The second-order valence-corrected chi connectivity index (χ2v) is 12.0. The number of hydrogen-bond donors (Lipinski definition) is 0. The van der Waals surface area contributed by atoms with E-state index in [0.29, 0.717) is 0 Å². The van der Waals surface area contributed by atoms with Crippen molar-refractivity contribution in [3.8, 4) is 44.8 Å². The van der Waals surface area contributed by atoms with Crippen LogP contribution in [0.1, 0.15) is 22.3 Å². The zero-order valence-electron chi connectivity index (χ0n) is 25.6. The lowest BCUT2D eigenvalue weighted by Gasteiger charge is -2.34. The molecule has 0 saturated carbocycles. The highest BCUT2D eigenvalue weighted by Gasteiger charge is 2.46. The molecule has 3 heteroatoms.